The third-order valence-electron chi connectivity index (χ3n) is 3.89. The molecule has 0 radical (unpaired) electrons. The predicted molar refractivity (Wildman–Crippen MR) is 88.7 cm³/mol. The van der Waals surface area contributed by atoms with Gasteiger partial charge in [0.25, 0.3) is 0 Å². The summed E-state index contributed by atoms with van der Waals surface area (Å²) in [6.07, 6.45) is 1.49. The Morgan fingerprint density at radius 2 is 2.05 bits per heavy atom. The van der Waals surface area contributed by atoms with Crippen molar-refractivity contribution in [3.63, 3.8) is 0 Å². The van der Waals surface area contributed by atoms with Crippen molar-refractivity contribution in [1.82, 2.24) is 4.90 Å². The molecule has 0 bridgehead atoms. The molecular weight excluding hydrogens is 348 g/mol. The summed E-state index contributed by atoms with van der Waals surface area (Å²) in [5.41, 5.74) is 1.91. The highest BCUT2D eigenvalue weighted by Gasteiger charge is 2.26. The molecule has 22 heavy (non-hydrogen) atoms. The fourth-order valence-corrected chi connectivity index (χ4v) is 3.20. The highest BCUT2D eigenvalue weighted by Crippen LogP contribution is 2.23. The number of rotatable bonds is 4. The van der Waals surface area contributed by atoms with Crippen LogP contribution in [0, 0.1) is 12.8 Å². The summed E-state index contributed by atoms with van der Waals surface area (Å²) in [7, 11) is 1.42. The van der Waals surface area contributed by atoms with Gasteiger partial charge in [-0.1, -0.05) is 6.07 Å². The second-order valence-electron chi connectivity index (χ2n) is 5.61. The van der Waals surface area contributed by atoms with Crippen molar-refractivity contribution < 1.29 is 14.3 Å². The van der Waals surface area contributed by atoms with Gasteiger partial charge in [0, 0.05) is 4.47 Å². The molecule has 1 N–H and O–H groups in total. The van der Waals surface area contributed by atoms with E-state index in [-0.39, 0.29) is 17.8 Å². The van der Waals surface area contributed by atoms with Crippen molar-refractivity contribution in [3.8, 4) is 0 Å². The quantitative estimate of drug-likeness (QED) is 0.829. The van der Waals surface area contributed by atoms with E-state index in [1.807, 2.05) is 25.1 Å². The molecule has 0 saturated carbocycles. The summed E-state index contributed by atoms with van der Waals surface area (Å²) in [6, 6.07) is 5.82. The highest BCUT2D eigenvalue weighted by atomic mass is 79.9. The SMILES string of the molecule is COC(=O)C1CCN(CC(=O)Nc2ccc(C)cc2Br)CC1. The number of hydrogen-bond acceptors (Lipinski definition) is 4. The number of carbonyl (C=O) groups is 2. The number of esters is 1. The van der Waals surface area contributed by atoms with E-state index in [0.717, 1.165) is 41.7 Å². The van der Waals surface area contributed by atoms with Gasteiger partial charge in [-0.15, -0.1) is 0 Å². The van der Waals surface area contributed by atoms with Crippen molar-refractivity contribution in [2.45, 2.75) is 19.8 Å². The Balaban J connectivity index is 1.82. The number of anilines is 1. The van der Waals surface area contributed by atoms with Crippen LogP contribution in [0.15, 0.2) is 22.7 Å². The fraction of sp³-hybridized carbons (Fsp3) is 0.500. The molecule has 1 fully saturated rings. The first-order valence-electron chi connectivity index (χ1n) is 7.36. The monoisotopic (exact) mass is 368 g/mol. The molecule has 5 nitrogen and oxygen atoms in total. The molecule has 0 unspecified atom stereocenters. The van der Waals surface area contributed by atoms with Crippen molar-refractivity contribution in [2.24, 2.45) is 5.92 Å². The minimum atomic E-state index is -0.146. The topological polar surface area (TPSA) is 58.6 Å². The van der Waals surface area contributed by atoms with Gasteiger partial charge in [-0.2, -0.15) is 0 Å². The maximum atomic E-state index is 12.1. The zero-order valence-electron chi connectivity index (χ0n) is 12.9. The number of amides is 1. The first-order valence-corrected chi connectivity index (χ1v) is 8.15. The number of halogens is 1. The van der Waals surface area contributed by atoms with Crippen LogP contribution in [0.4, 0.5) is 5.69 Å². The van der Waals surface area contributed by atoms with E-state index in [2.05, 4.69) is 26.1 Å². The van der Waals surface area contributed by atoms with E-state index in [4.69, 9.17) is 4.74 Å². The van der Waals surface area contributed by atoms with Crippen LogP contribution >= 0.6 is 15.9 Å². The molecule has 1 aliphatic rings. The van der Waals surface area contributed by atoms with E-state index in [1.165, 1.54) is 7.11 Å². The first kappa shape index (κ1) is 17.0. The lowest BCUT2D eigenvalue weighted by Crippen LogP contribution is -2.41. The molecular formula is C16H21BrN2O3. The summed E-state index contributed by atoms with van der Waals surface area (Å²) in [5, 5.41) is 2.91. The highest BCUT2D eigenvalue weighted by molar-refractivity contribution is 9.10. The Bertz CT molecular complexity index is 554. The molecule has 1 heterocycles. The number of methoxy groups -OCH3 is 1. The molecule has 0 spiro atoms. The smallest absolute Gasteiger partial charge is 0.308 e. The number of hydrogen-bond donors (Lipinski definition) is 1. The minimum absolute atomic E-state index is 0.0319. The van der Waals surface area contributed by atoms with Gasteiger partial charge in [0.1, 0.15) is 0 Å². The molecule has 0 aliphatic carbocycles. The van der Waals surface area contributed by atoms with Crippen LogP contribution < -0.4 is 5.32 Å². The van der Waals surface area contributed by atoms with Gasteiger partial charge < -0.3 is 10.1 Å². The number of nitrogens with zero attached hydrogens (tertiary/aromatic N) is 1. The summed E-state index contributed by atoms with van der Waals surface area (Å²) in [5.74, 6) is -0.218. The Kier molecular flexibility index (Phi) is 5.97. The number of nitrogens with one attached hydrogen (secondary N) is 1. The number of aryl methyl sites for hydroxylation is 1. The largest absolute Gasteiger partial charge is 0.469 e. The predicted octanol–water partition coefficient (Wildman–Crippen LogP) is 2.58. The zero-order valence-corrected chi connectivity index (χ0v) is 14.5. The molecule has 0 aromatic heterocycles. The number of benzene rings is 1. The molecule has 120 valence electrons. The van der Waals surface area contributed by atoms with Crippen LogP contribution in [0.1, 0.15) is 18.4 Å². The van der Waals surface area contributed by atoms with E-state index < -0.39 is 0 Å². The summed E-state index contributed by atoms with van der Waals surface area (Å²) in [4.78, 5) is 25.7. The average Bonchev–Trinajstić information content (AvgIpc) is 2.50. The molecule has 1 aromatic carbocycles. The summed E-state index contributed by atoms with van der Waals surface area (Å²) >= 11 is 3.45. The first-order chi connectivity index (χ1) is 10.5. The lowest BCUT2D eigenvalue weighted by molar-refractivity contribution is -0.147. The van der Waals surface area contributed by atoms with Crippen molar-refractivity contribution >= 4 is 33.5 Å². The van der Waals surface area contributed by atoms with Crippen molar-refractivity contribution in [3.05, 3.63) is 28.2 Å². The van der Waals surface area contributed by atoms with Gasteiger partial charge >= 0.3 is 5.97 Å². The normalized spacial score (nSPS) is 16.3. The van der Waals surface area contributed by atoms with Crippen LogP contribution in [-0.2, 0) is 14.3 Å². The Hall–Kier alpha value is -1.40. The molecule has 1 saturated heterocycles. The molecule has 2 rings (SSSR count). The van der Waals surface area contributed by atoms with Gasteiger partial charge in [0.05, 0.1) is 25.3 Å². The number of piperidine rings is 1. The average molecular weight is 369 g/mol. The Morgan fingerprint density at radius 1 is 1.36 bits per heavy atom. The Morgan fingerprint density at radius 3 is 2.64 bits per heavy atom. The van der Waals surface area contributed by atoms with E-state index in [0.29, 0.717) is 6.54 Å². The maximum absolute atomic E-state index is 12.1. The van der Waals surface area contributed by atoms with Crippen LogP contribution in [0.25, 0.3) is 0 Å². The van der Waals surface area contributed by atoms with E-state index in [9.17, 15) is 9.59 Å². The van der Waals surface area contributed by atoms with Gasteiger partial charge in [0.2, 0.25) is 5.91 Å². The number of ether oxygens (including phenoxy) is 1. The minimum Gasteiger partial charge on any atom is -0.469 e. The molecule has 1 amide bonds. The van der Waals surface area contributed by atoms with E-state index >= 15 is 0 Å². The van der Waals surface area contributed by atoms with Gasteiger partial charge in [-0.25, -0.2) is 0 Å². The van der Waals surface area contributed by atoms with Crippen molar-refractivity contribution in [2.75, 3.05) is 32.1 Å². The lowest BCUT2D eigenvalue weighted by Gasteiger charge is -2.30. The van der Waals surface area contributed by atoms with Gasteiger partial charge in [-0.05, 0) is 66.5 Å². The molecule has 1 aromatic rings. The summed E-state index contributed by atoms with van der Waals surface area (Å²) < 4.78 is 5.65. The van der Waals surface area contributed by atoms with Crippen LogP contribution in [-0.4, -0.2) is 43.5 Å². The second-order valence-corrected chi connectivity index (χ2v) is 6.46. The fourth-order valence-electron chi connectivity index (χ4n) is 2.61. The van der Waals surface area contributed by atoms with Crippen LogP contribution in [0.2, 0.25) is 0 Å². The number of likely N-dealkylation sites (tertiary alicyclic amines) is 1. The van der Waals surface area contributed by atoms with Crippen LogP contribution in [0.5, 0.6) is 0 Å². The third kappa shape index (κ3) is 4.55. The summed E-state index contributed by atoms with van der Waals surface area (Å²) in [6.45, 7) is 3.82. The van der Waals surface area contributed by atoms with Crippen LogP contribution in [0.3, 0.4) is 0 Å². The zero-order chi connectivity index (χ0) is 16.1. The third-order valence-corrected chi connectivity index (χ3v) is 4.54. The molecule has 0 atom stereocenters. The second kappa shape index (κ2) is 7.74. The Labute approximate surface area is 139 Å². The van der Waals surface area contributed by atoms with Crippen molar-refractivity contribution in [1.29, 1.82) is 0 Å². The molecule has 6 heteroatoms. The maximum Gasteiger partial charge on any atom is 0.308 e. The van der Waals surface area contributed by atoms with Gasteiger partial charge in [-0.3, -0.25) is 14.5 Å². The standard InChI is InChI=1S/C16H21BrN2O3/c1-11-3-4-14(13(17)9-11)18-15(20)10-19-7-5-12(6-8-19)16(21)22-2/h3-4,9,12H,5-8,10H2,1-2H3,(H,18,20). The lowest BCUT2D eigenvalue weighted by atomic mass is 9.97. The molecule has 1 aliphatic heterocycles. The van der Waals surface area contributed by atoms with E-state index in [1.54, 1.807) is 0 Å². The van der Waals surface area contributed by atoms with Gasteiger partial charge in [0.15, 0.2) is 0 Å². The number of carbonyl (C=O) groups excluding carboxylic acids is 2.